The van der Waals surface area contributed by atoms with E-state index in [4.69, 9.17) is 14.2 Å². The Balaban J connectivity index is 4.04. The second kappa shape index (κ2) is 58.6. The fraction of sp³-hybridized carbons (Fsp3) is 0.677. The maximum absolute atomic E-state index is 12.7. The smallest absolute Gasteiger partial charge is 0.306 e. The second-order valence-electron chi connectivity index (χ2n) is 19.1. The molecule has 0 saturated heterocycles. The van der Waals surface area contributed by atoms with Gasteiger partial charge in [0.15, 0.2) is 6.10 Å². The summed E-state index contributed by atoms with van der Waals surface area (Å²) in [5.41, 5.74) is 0. The quantitative estimate of drug-likeness (QED) is 0.0261. The first kappa shape index (κ1) is 67.1. The topological polar surface area (TPSA) is 78.9 Å². The van der Waals surface area contributed by atoms with Crippen LogP contribution in [0.5, 0.6) is 0 Å². The van der Waals surface area contributed by atoms with Crippen molar-refractivity contribution in [1.82, 2.24) is 0 Å². The molecular formula is C65H108O6. The Morgan fingerprint density at radius 3 is 0.901 bits per heavy atom. The minimum atomic E-state index is -0.803. The van der Waals surface area contributed by atoms with E-state index in [0.29, 0.717) is 19.3 Å². The van der Waals surface area contributed by atoms with Gasteiger partial charge in [-0.1, -0.05) is 259 Å². The number of rotatable bonds is 52. The molecule has 0 aromatic carbocycles. The zero-order valence-corrected chi connectivity index (χ0v) is 46.2. The van der Waals surface area contributed by atoms with E-state index in [0.717, 1.165) is 116 Å². The molecule has 0 radical (unpaired) electrons. The number of esters is 3. The summed E-state index contributed by atoms with van der Waals surface area (Å²) in [6.45, 7) is 6.28. The summed E-state index contributed by atoms with van der Waals surface area (Å²) in [5, 5.41) is 0. The van der Waals surface area contributed by atoms with Crippen LogP contribution in [0.3, 0.4) is 0 Å². The molecule has 0 aromatic heterocycles. The first-order valence-electron chi connectivity index (χ1n) is 29.4. The normalized spacial score (nSPS) is 12.9. The standard InChI is InChI=1S/C65H108O6/c1-4-7-10-13-15-17-19-21-23-25-26-27-28-29-30-31-32-33-34-35-36-37-38-40-41-43-45-47-49-52-55-58-64(67)70-61-62(60-69-63(66)57-54-51-12-9-6-3)71-65(68)59-56-53-50-48-46-44-42-39-24-22-20-18-16-14-11-8-5-2/h7-8,10-11,15-18,21-24,26-27,42,44,48,50,62H,4-6,9,12-14,19-20,25,28-41,43,45-47,49,51-61H2,1-3H3/b10-7-,11-8-,17-15-,18-16-,23-21-,24-22-,27-26-,44-42-,50-48-. The maximum atomic E-state index is 12.7. The van der Waals surface area contributed by atoms with E-state index in [2.05, 4.69) is 130 Å². The average molecular weight is 986 g/mol. The molecule has 6 heteroatoms. The summed E-state index contributed by atoms with van der Waals surface area (Å²) in [4.78, 5) is 37.8. The van der Waals surface area contributed by atoms with Crippen molar-refractivity contribution < 1.29 is 28.6 Å². The Morgan fingerprint density at radius 2 is 0.563 bits per heavy atom. The molecule has 6 nitrogen and oxygen atoms in total. The van der Waals surface area contributed by atoms with Crippen molar-refractivity contribution in [3.8, 4) is 0 Å². The van der Waals surface area contributed by atoms with Crippen molar-refractivity contribution in [3.05, 3.63) is 109 Å². The summed E-state index contributed by atoms with van der Waals surface area (Å²) in [7, 11) is 0. The minimum absolute atomic E-state index is 0.0995. The van der Waals surface area contributed by atoms with Crippen molar-refractivity contribution in [2.75, 3.05) is 13.2 Å². The van der Waals surface area contributed by atoms with Crippen molar-refractivity contribution in [3.63, 3.8) is 0 Å². The lowest BCUT2D eigenvalue weighted by molar-refractivity contribution is -0.167. The molecule has 1 atom stereocenters. The summed E-state index contributed by atoms with van der Waals surface area (Å²) >= 11 is 0. The van der Waals surface area contributed by atoms with Crippen molar-refractivity contribution in [1.29, 1.82) is 0 Å². The number of allylic oxidation sites excluding steroid dienone is 18. The lowest BCUT2D eigenvalue weighted by Crippen LogP contribution is -2.30. The number of hydrogen-bond acceptors (Lipinski definition) is 6. The van der Waals surface area contributed by atoms with E-state index in [1.807, 2.05) is 0 Å². The molecule has 0 N–H and O–H groups in total. The van der Waals surface area contributed by atoms with Gasteiger partial charge in [0.1, 0.15) is 13.2 Å². The zero-order valence-electron chi connectivity index (χ0n) is 46.2. The van der Waals surface area contributed by atoms with Crippen LogP contribution in [-0.2, 0) is 28.6 Å². The lowest BCUT2D eigenvalue weighted by Gasteiger charge is -2.18. The molecule has 0 heterocycles. The number of unbranched alkanes of at least 4 members (excludes halogenated alkanes) is 23. The van der Waals surface area contributed by atoms with E-state index in [-0.39, 0.29) is 37.5 Å². The molecule has 0 aromatic rings. The summed E-state index contributed by atoms with van der Waals surface area (Å²) < 4.78 is 16.7. The first-order valence-corrected chi connectivity index (χ1v) is 29.4. The summed E-state index contributed by atoms with van der Waals surface area (Å²) in [6.07, 6.45) is 80.1. The fourth-order valence-corrected chi connectivity index (χ4v) is 7.94. The van der Waals surface area contributed by atoms with Crippen LogP contribution in [0.2, 0.25) is 0 Å². The Labute approximate surface area is 438 Å². The third-order valence-corrected chi connectivity index (χ3v) is 12.3. The highest BCUT2D eigenvalue weighted by Gasteiger charge is 2.19. The summed E-state index contributed by atoms with van der Waals surface area (Å²) in [6, 6.07) is 0. The number of hydrogen-bond donors (Lipinski definition) is 0. The molecule has 0 rings (SSSR count). The number of carbonyl (C=O) groups excluding carboxylic acids is 3. The van der Waals surface area contributed by atoms with Gasteiger partial charge in [0.25, 0.3) is 0 Å². The Bertz CT molecular complexity index is 1460. The van der Waals surface area contributed by atoms with E-state index in [9.17, 15) is 14.4 Å². The molecule has 0 aliphatic carbocycles. The summed E-state index contributed by atoms with van der Waals surface area (Å²) in [5.74, 6) is -0.971. The van der Waals surface area contributed by atoms with Crippen LogP contribution >= 0.6 is 0 Å². The van der Waals surface area contributed by atoms with Crippen molar-refractivity contribution in [2.24, 2.45) is 0 Å². The second-order valence-corrected chi connectivity index (χ2v) is 19.1. The van der Waals surface area contributed by atoms with Gasteiger partial charge in [-0.15, -0.1) is 0 Å². The van der Waals surface area contributed by atoms with Gasteiger partial charge in [-0.2, -0.15) is 0 Å². The largest absolute Gasteiger partial charge is 0.462 e. The Morgan fingerprint density at radius 1 is 0.296 bits per heavy atom. The van der Waals surface area contributed by atoms with Gasteiger partial charge < -0.3 is 14.2 Å². The van der Waals surface area contributed by atoms with Crippen LogP contribution in [0.4, 0.5) is 0 Å². The predicted molar refractivity (Wildman–Crippen MR) is 307 cm³/mol. The van der Waals surface area contributed by atoms with Crippen LogP contribution < -0.4 is 0 Å². The SMILES string of the molecule is CC/C=C\C/C=C\C/C=C\C/C=C\C/C=C\CCCC(=O)OC(COC(=O)CCCCCCC)COC(=O)CCCCCCCCCCCCCCCCCCCC/C=C\C/C=C\C/C=C\C/C=C\CC. The molecule has 0 aliphatic heterocycles. The van der Waals surface area contributed by atoms with Crippen molar-refractivity contribution >= 4 is 17.9 Å². The van der Waals surface area contributed by atoms with Crippen LogP contribution in [-0.4, -0.2) is 37.2 Å². The predicted octanol–water partition coefficient (Wildman–Crippen LogP) is 19.9. The Hall–Kier alpha value is -3.93. The van der Waals surface area contributed by atoms with Crippen LogP contribution in [0, 0.1) is 0 Å². The number of ether oxygens (including phenoxy) is 3. The Kier molecular flexibility index (Phi) is 55.4. The van der Waals surface area contributed by atoms with Crippen molar-refractivity contribution in [2.45, 2.75) is 271 Å². The lowest BCUT2D eigenvalue weighted by atomic mass is 10.0. The fourth-order valence-electron chi connectivity index (χ4n) is 7.94. The molecule has 404 valence electrons. The van der Waals surface area contributed by atoms with Crippen LogP contribution in [0.1, 0.15) is 265 Å². The molecule has 0 aliphatic rings. The van der Waals surface area contributed by atoms with Gasteiger partial charge in [-0.3, -0.25) is 14.4 Å². The van der Waals surface area contributed by atoms with Gasteiger partial charge in [0.2, 0.25) is 0 Å². The highest BCUT2D eigenvalue weighted by Crippen LogP contribution is 2.16. The average Bonchev–Trinajstić information content (AvgIpc) is 3.37. The molecule has 71 heavy (non-hydrogen) atoms. The molecule has 0 fully saturated rings. The molecule has 0 saturated carbocycles. The van der Waals surface area contributed by atoms with Crippen LogP contribution in [0.15, 0.2) is 109 Å². The third kappa shape index (κ3) is 56.9. The molecule has 0 bridgehead atoms. The van der Waals surface area contributed by atoms with E-state index >= 15 is 0 Å². The van der Waals surface area contributed by atoms with E-state index in [1.54, 1.807) is 0 Å². The molecule has 1 unspecified atom stereocenters. The van der Waals surface area contributed by atoms with Gasteiger partial charge in [0, 0.05) is 19.3 Å². The number of carbonyl (C=O) groups is 3. The highest BCUT2D eigenvalue weighted by atomic mass is 16.6. The van der Waals surface area contributed by atoms with E-state index in [1.165, 1.54) is 103 Å². The van der Waals surface area contributed by atoms with Gasteiger partial charge >= 0.3 is 17.9 Å². The molecular weight excluding hydrogens is 877 g/mol. The molecule has 0 amide bonds. The minimum Gasteiger partial charge on any atom is -0.462 e. The van der Waals surface area contributed by atoms with Gasteiger partial charge in [-0.25, -0.2) is 0 Å². The molecule has 0 spiro atoms. The van der Waals surface area contributed by atoms with Crippen LogP contribution in [0.25, 0.3) is 0 Å². The third-order valence-electron chi connectivity index (χ3n) is 12.3. The highest BCUT2D eigenvalue weighted by molar-refractivity contribution is 5.71. The van der Waals surface area contributed by atoms with Gasteiger partial charge in [-0.05, 0) is 96.3 Å². The zero-order chi connectivity index (χ0) is 51.4. The first-order chi connectivity index (χ1) is 35.0. The maximum Gasteiger partial charge on any atom is 0.306 e. The van der Waals surface area contributed by atoms with E-state index < -0.39 is 6.10 Å². The van der Waals surface area contributed by atoms with Gasteiger partial charge in [0.05, 0.1) is 0 Å². The monoisotopic (exact) mass is 985 g/mol.